The van der Waals surface area contributed by atoms with Gasteiger partial charge in [-0.15, -0.1) is 0 Å². The lowest BCUT2D eigenvalue weighted by atomic mass is 9.89. The summed E-state index contributed by atoms with van der Waals surface area (Å²) in [7, 11) is 1.84. The maximum atomic E-state index is 11.9. The van der Waals surface area contributed by atoms with Gasteiger partial charge in [0.05, 0.1) is 0 Å². The predicted octanol–water partition coefficient (Wildman–Crippen LogP) is 1.94. The number of amides is 2. The van der Waals surface area contributed by atoms with Crippen molar-refractivity contribution in [3.8, 4) is 0 Å². The molecule has 0 spiro atoms. The Kier molecular flexibility index (Phi) is 2.78. The molecule has 1 unspecified atom stereocenters. The number of carbonyl (C=O) groups is 1. The summed E-state index contributed by atoms with van der Waals surface area (Å²) in [6, 6.07) is 8.65. The highest BCUT2D eigenvalue weighted by Crippen LogP contribution is 2.50. The van der Waals surface area contributed by atoms with Crippen LogP contribution >= 0.6 is 0 Å². The van der Waals surface area contributed by atoms with Crippen molar-refractivity contribution in [3.05, 3.63) is 29.8 Å². The summed E-state index contributed by atoms with van der Waals surface area (Å²) in [4.78, 5) is 15.5. The average molecular weight is 259 g/mol. The third-order valence-electron chi connectivity index (χ3n) is 4.63. The lowest BCUT2D eigenvalue weighted by Gasteiger charge is -2.22. The summed E-state index contributed by atoms with van der Waals surface area (Å²) in [5.41, 5.74) is 8.57. The van der Waals surface area contributed by atoms with Crippen molar-refractivity contribution < 1.29 is 4.79 Å². The van der Waals surface area contributed by atoms with Crippen LogP contribution in [-0.4, -0.2) is 37.1 Å². The third-order valence-corrected chi connectivity index (χ3v) is 4.63. The fourth-order valence-electron chi connectivity index (χ4n) is 3.00. The van der Waals surface area contributed by atoms with E-state index in [-0.39, 0.29) is 17.5 Å². The van der Waals surface area contributed by atoms with E-state index in [0.717, 1.165) is 18.8 Å². The lowest BCUT2D eigenvalue weighted by molar-refractivity contribution is 0.229. The first-order valence-electron chi connectivity index (χ1n) is 6.93. The Bertz CT molecular complexity index is 491. The number of rotatable bonds is 3. The van der Waals surface area contributed by atoms with Crippen LogP contribution in [0, 0.1) is 0 Å². The molecule has 1 aliphatic heterocycles. The molecule has 0 aromatic heterocycles. The minimum absolute atomic E-state index is 0.0843. The minimum atomic E-state index is 0.0843. The zero-order chi connectivity index (χ0) is 13.6. The van der Waals surface area contributed by atoms with Crippen molar-refractivity contribution >= 4 is 11.7 Å². The van der Waals surface area contributed by atoms with Gasteiger partial charge in [-0.3, -0.25) is 4.90 Å². The number of hydrogen-bond acceptors (Lipinski definition) is 2. The molecular formula is C15H21N3O. The molecule has 2 N–H and O–H groups in total. The molecule has 0 radical (unpaired) electrons. The third kappa shape index (κ3) is 1.91. The van der Waals surface area contributed by atoms with Crippen LogP contribution in [0.4, 0.5) is 10.5 Å². The molecule has 4 heteroatoms. The smallest absolute Gasteiger partial charge is 0.324 e. The second-order valence-electron chi connectivity index (χ2n) is 5.85. The molecule has 102 valence electrons. The Morgan fingerprint density at radius 2 is 1.84 bits per heavy atom. The van der Waals surface area contributed by atoms with E-state index in [1.54, 1.807) is 4.90 Å². The second kappa shape index (κ2) is 4.23. The lowest BCUT2D eigenvalue weighted by Crippen LogP contribution is -2.32. The molecule has 2 aliphatic rings. The quantitative estimate of drug-likeness (QED) is 0.901. The van der Waals surface area contributed by atoms with E-state index in [1.165, 1.54) is 18.4 Å². The number of urea groups is 1. The first-order chi connectivity index (χ1) is 9.04. The molecule has 1 aliphatic carbocycles. The van der Waals surface area contributed by atoms with Gasteiger partial charge in [0.25, 0.3) is 0 Å². The van der Waals surface area contributed by atoms with Gasteiger partial charge < -0.3 is 10.6 Å². The van der Waals surface area contributed by atoms with Crippen molar-refractivity contribution in [2.75, 3.05) is 25.0 Å². The standard InChI is InChI=1S/C15H21N3O/c1-11(16)15(7-8-15)12-3-5-13(6-4-12)18-10-9-17(2)14(18)19/h3-6,11H,7-10,16H2,1-2H3. The number of benzene rings is 1. The molecule has 1 heterocycles. The number of nitrogens with two attached hydrogens (primary N) is 1. The molecule has 4 nitrogen and oxygen atoms in total. The van der Waals surface area contributed by atoms with E-state index >= 15 is 0 Å². The van der Waals surface area contributed by atoms with E-state index in [1.807, 2.05) is 11.9 Å². The maximum Gasteiger partial charge on any atom is 0.324 e. The van der Waals surface area contributed by atoms with Crippen LogP contribution in [0.1, 0.15) is 25.3 Å². The monoisotopic (exact) mass is 259 g/mol. The zero-order valence-corrected chi connectivity index (χ0v) is 11.6. The van der Waals surface area contributed by atoms with Gasteiger partial charge in [-0.1, -0.05) is 12.1 Å². The normalized spacial score (nSPS) is 22.8. The van der Waals surface area contributed by atoms with Gasteiger partial charge in [0.15, 0.2) is 0 Å². The van der Waals surface area contributed by atoms with Crippen molar-refractivity contribution in [2.24, 2.45) is 5.73 Å². The maximum absolute atomic E-state index is 11.9. The van der Waals surface area contributed by atoms with Crippen LogP contribution in [-0.2, 0) is 5.41 Å². The highest BCUT2D eigenvalue weighted by molar-refractivity contribution is 5.93. The average Bonchev–Trinajstić information content (AvgIpc) is 3.15. The Morgan fingerprint density at radius 1 is 1.21 bits per heavy atom. The molecule has 19 heavy (non-hydrogen) atoms. The van der Waals surface area contributed by atoms with Crippen molar-refractivity contribution in [1.29, 1.82) is 0 Å². The van der Waals surface area contributed by atoms with E-state index in [4.69, 9.17) is 5.73 Å². The fraction of sp³-hybridized carbons (Fsp3) is 0.533. The number of likely N-dealkylation sites (N-methyl/N-ethyl adjacent to an activating group) is 1. The van der Waals surface area contributed by atoms with Gasteiger partial charge in [0.1, 0.15) is 0 Å². The van der Waals surface area contributed by atoms with Gasteiger partial charge >= 0.3 is 6.03 Å². The topological polar surface area (TPSA) is 49.6 Å². The van der Waals surface area contributed by atoms with Crippen molar-refractivity contribution in [1.82, 2.24) is 4.90 Å². The molecule has 1 atom stereocenters. The number of anilines is 1. The van der Waals surface area contributed by atoms with Gasteiger partial charge in [0.2, 0.25) is 0 Å². The summed E-state index contributed by atoms with van der Waals surface area (Å²) in [5.74, 6) is 0. The highest BCUT2D eigenvalue weighted by atomic mass is 16.2. The molecule has 2 amide bonds. The first kappa shape index (κ1) is 12.5. The SMILES string of the molecule is CC(N)C1(c2ccc(N3CCN(C)C3=O)cc2)CC1. The molecule has 3 rings (SSSR count). The highest BCUT2D eigenvalue weighted by Gasteiger charge is 2.47. The van der Waals surface area contributed by atoms with Crippen LogP contribution in [0.25, 0.3) is 0 Å². The van der Waals surface area contributed by atoms with Crippen LogP contribution in [0.2, 0.25) is 0 Å². The summed E-state index contributed by atoms with van der Waals surface area (Å²) in [5, 5.41) is 0. The summed E-state index contributed by atoms with van der Waals surface area (Å²) < 4.78 is 0. The molecule has 2 fully saturated rings. The summed E-state index contributed by atoms with van der Waals surface area (Å²) >= 11 is 0. The zero-order valence-electron chi connectivity index (χ0n) is 11.6. The number of nitrogens with zero attached hydrogens (tertiary/aromatic N) is 2. The Morgan fingerprint density at radius 3 is 2.26 bits per heavy atom. The van der Waals surface area contributed by atoms with Gasteiger partial charge in [-0.2, -0.15) is 0 Å². The Balaban J connectivity index is 1.82. The minimum Gasteiger partial charge on any atom is -0.327 e. The van der Waals surface area contributed by atoms with E-state index in [0.29, 0.717) is 0 Å². The molecule has 1 saturated heterocycles. The van der Waals surface area contributed by atoms with Crippen LogP contribution in [0.5, 0.6) is 0 Å². The molecule has 1 aromatic rings. The van der Waals surface area contributed by atoms with E-state index in [9.17, 15) is 4.79 Å². The summed E-state index contributed by atoms with van der Waals surface area (Å²) in [6.07, 6.45) is 2.35. The Hall–Kier alpha value is -1.55. The van der Waals surface area contributed by atoms with Crippen molar-refractivity contribution in [2.45, 2.75) is 31.2 Å². The summed E-state index contributed by atoms with van der Waals surface area (Å²) in [6.45, 7) is 3.65. The van der Waals surface area contributed by atoms with E-state index in [2.05, 4.69) is 31.2 Å². The van der Waals surface area contributed by atoms with Gasteiger partial charge in [-0.25, -0.2) is 4.79 Å². The molecular weight excluding hydrogens is 238 g/mol. The number of carbonyl (C=O) groups excluding carboxylic acids is 1. The molecule has 1 aromatic carbocycles. The van der Waals surface area contributed by atoms with Crippen LogP contribution < -0.4 is 10.6 Å². The van der Waals surface area contributed by atoms with Crippen molar-refractivity contribution in [3.63, 3.8) is 0 Å². The largest absolute Gasteiger partial charge is 0.327 e. The number of hydrogen-bond donors (Lipinski definition) is 1. The van der Waals surface area contributed by atoms with Gasteiger partial charge in [-0.05, 0) is 37.5 Å². The van der Waals surface area contributed by atoms with Crippen LogP contribution in [0.15, 0.2) is 24.3 Å². The van der Waals surface area contributed by atoms with Crippen LogP contribution in [0.3, 0.4) is 0 Å². The molecule has 0 bridgehead atoms. The van der Waals surface area contributed by atoms with E-state index < -0.39 is 0 Å². The second-order valence-corrected chi connectivity index (χ2v) is 5.85. The predicted molar refractivity (Wildman–Crippen MR) is 76.4 cm³/mol. The molecule has 1 saturated carbocycles. The first-order valence-corrected chi connectivity index (χ1v) is 6.93. The fourth-order valence-corrected chi connectivity index (χ4v) is 3.00. The van der Waals surface area contributed by atoms with Gasteiger partial charge in [0, 0.05) is 37.3 Å². The Labute approximate surface area is 114 Å².